The van der Waals surface area contributed by atoms with E-state index >= 15 is 0 Å². The van der Waals surface area contributed by atoms with Gasteiger partial charge in [0, 0.05) is 37.2 Å². The van der Waals surface area contributed by atoms with E-state index in [0.717, 1.165) is 46.8 Å². The number of nitrogens with two attached hydrogens (primary N) is 1. The quantitative estimate of drug-likeness (QED) is 0.606. The number of rotatable bonds is 6. The first-order valence-electron chi connectivity index (χ1n) is 7.65. The molecule has 0 amide bonds. The third kappa shape index (κ3) is 3.37. The molecule has 118 valence electrons. The van der Waals surface area contributed by atoms with Crippen LogP contribution in [0.1, 0.15) is 6.42 Å². The molecule has 6 heteroatoms. The van der Waals surface area contributed by atoms with Crippen molar-refractivity contribution in [2.24, 2.45) is 5.73 Å². The van der Waals surface area contributed by atoms with Gasteiger partial charge in [-0.25, -0.2) is 9.97 Å². The predicted molar refractivity (Wildman–Crippen MR) is 94.5 cm³/mol. The maximum Gasteiger partial charge on any atom is 0.154 e. The zero-order valence-corrected chi connectivity index (χ0v) is 13.1. The molecule has 6 nitrogen and oxygen atoms in total. The molecule has 0 saturated heterocycles. The predicted octanol–water partition coefficient (Wildman–Crippen LogP) is 2.49. The minimum atomic E-state index is 0.641. The molecule has 2 aromatic heterocycles. The van der Waals surface area contributed by atoms with Crippen molar-refractivity contribution in [1.29, 1.82) is 0 Å². The summed E-state index contributed by atoms with van der Waals surface area (Å²) >= 11 is 0. The maximum absolute atomic E-state index is 5.56. The van der Waals surface area contributed by atoms with E-state index in [9.17, 15) is 0 Å². The molecule has 0 aliphatic rings. The van der Waals surface area contributed by atoms with Crippen LogP contribution in [-0.4, -0.2) is 35.1 Å². The molecule has 0 radical (unpaired) electrons. The number of hydrogen-bond acceptors (Lipinski definition) is 6. The van der Waals surface area contributed by atoms with Gasteiger partial charge in [-0.15, -0.1) is 0 Å². The lowest BCUT2D eigenvalue weighted by atomic mass is 10.1. The van der Waals surface area contributed by atoms with E-state index in [4.69, 9.17) is 10.7 Å². The normalized spacial score (nSPS) is 10.7. The Morgan fingerprint density at radius 3 is 2.61 bits per heavy atom. The Labute approximate surface area is 135 Å². The summed E-state index contributed by atoms with van der Waals surface area (Å²) in [5.41, 5.74) is 10.1. The molecule has 1 aromatic carbocycles. The Bertz CT molecular complexity index is 785. The largest absolute Gasteiger partial charge is 0.388 e. The average Bonchev–Trinajstić information content (AvgIpc) is 2.62. The molecule has 0 unspecified atom stereocenters. The Morgan fingerprint density at radius 2 is 1.87 bits per heavy atom. The van der Waals surface area contributed by atoms with Gasteiger partial charge in [-0.3, -0.25) is 4.98 Å². The minimum Gasteiger partial charge on any atom is -0.388 e. The molecule has 0 spiro atoms. The van der Waals surface area contributed by atoms with Crippen molar-refractivity contribution in [1.82, 2.24) is 15.0 Å². The van der Waals surface area contributed by atoms with Crippen LogP contribution in [0.5, 0.6) is 0 Å². The number of nitrogens with one attached hydrogen (secondary N) is 2. The first kappa shape index (κ1) is 15.2. The van der Waals surface area contributed by atoms with Gasteiger partial charge in [-0.1, -0.05) is 12.1 Å². The Kier molecular flexibility index (Phi) is 4.63. The zero-order chi connectivity index (χ0) is 16.1. The lowest BCUT2D eigenvalue weighted by molar-refractivity contribution is 0.871. The molecule has 0 saturated carbocycles. The Morgan fingerprint density at radius 1 is 1.09 bits per heavy atom. The number of aromatic nitrogens is 3. The van der Waals surface area contributed by atoms with Gasteiger partial charge >= 0.3 is 0 Å². The molecule has 0 aliphatic heterocycles. The van der Waals surface area contributed by atoms with Gasteiger partial charge in [-0.2, -0.15) is 0 Å². The van der Waals surface area contributed by atoms with Crippen LogP contribution in [0.3, 0.4) is 0 Å². The second kappa shape index (κ2) is 7.02. The summed E-state index contributed by atoms with van der Waals surface area (Å²) in [6.07, 6.45) is 4.25. The van der Waals surface area contributed by atoms with E-state index in [1.54, 1.807) is 12.4 Å². The molecule has 3 rings (SSSR count). The van der Waals surface area contributed by atoms with Gasteiger partial charge in [0.25, 0.3) is 0 Å². The fourth-order valence-corrected chi connectivity index (χ4v) is 2.36. The Hall–Kier alpha value is -2.73. The van der Waals surface area contributed by atoms with Crippen molar-refractivity contribution in [3.05, 3.63) is 42.7 Å². The van der Waals surface area contributed by atoms with E-state index in [1.807, 2.05) is 37.4 Å². The second-order valence-corrected chi connectivity index (χ2v) is 5.18. The third-order valence-electron chi connectivity index (χ3n) is 3.60. The molecule has 0 fully saturated rings. The van der Waals surface area contributed by atoms with Crippen LogP contribution in [0, 0.1) is 0 Å². The summed E-state index contributed by atoms with van der Waals surface area (Å²) in [6.45, 7) is 1.40. The lowest BCUT2D eigenvalue weighted by Crippen LogP contribution is -2.10. The fourth-order valence-electron chi connectivity index (χ4n) is 2.36. The van der Waals surface area contributed by atoms with Crippen LogP contribution in [-0.2, 0) is 0 Å². The summed E-state index contributed by atoms with van der Waals surface area (Å²) < 4.78 is 0. The molecule has 2 heterocycles. The maximum atomic E-state index is 5.56. The first-order valence-corrected chi connectivity index (χ1v) is 7.65. The van der Waals surface area contributed by atoms with Gasteiger partial charge < -0.3 is 16.4 Å². The van der Waals surface area contributed by atoms with E-state index in [-0.39, 0.29) is 0 Å². The van der Waals surface area contributed by atoms with Crippen molar-refractivity contribution in [3.8, 4) is 11.3 Å². The van der Waals surface area contributed by atoms with Crippen LogP contribution < -0.4 is 16.4 Å². The van der Waals surface area contributed by atoms with Crippen molar-refractivity contribution in [3.63, 3.8) is 0 Å². The SMILES string of the molecule is CNc1ccc(-c2cc3nccnc3c(NCCCN)n2)cc1. The van der Waals surface area contributed by atoms with Crippen LogP contribution in [0.15, 0.2) is 42.7 Å². The summed E-state index contributed by atoms with van der Waals surface area (Å²) in [4.78, 5) is 13.5. The summed E-state index contributed by atoms with van der Waals surface area (Å²) in [5, 5.41) is 6.43. The minimum absolute atomic E-state index is 0.641. The number of pyridine rings is 1. The number of anilines is 2. The molecule has 0 bridgehead atoms. The topological polar surface area (TPSA) is 88.8 Å². The van der Waals surface area contributed by atoms with Crippen molar-refractivity contribution in [2.75, 3.05) is 30.8 Å². The molecule has 4 N–H and O–H groups in total. The molecule has 3 aromatic rings. The number of fused-ring (bicyclic) bond motifs is 1. The monoisotopic (exact) mass is 308 g/mol. The van der Waals surface area contributed by atoms with Crippen LogP contribution in [0.4, 0.5) is 11.5 Å². The average molecular weight is 308 g/mol. The molecule has 23 heavy (non-hydrogen) atoms. The van der Waals surface area contributed by atoms with Crippen molar-refractivity contribution in [2.45, 2.75) is 6.42 Å². The highest BCUT2D eigenvalue weighted by atomic mass is 15.0. The number of benzene rings is 1. The molecule has 0 atom stereocenters. The highest BCUT2D eigenvalue weighted by Gasteiger charge is 2.09. The van der Waals surface area contributed by atoms with Gasteiger partial charge in [0.05, 0.1) is 11.2 Å². The fraction of sp³-hybridized carbons (Fsp3) is 0.235. The lowest BCUT2D eigenvalue weighted by Gasteiger charge is -2.10. The number of hydrogen-bond donors (Lipinski definition) is 3. The van der Waals surface area contributed by atoms with E-state index in [1.165, 1.54) is 0 Å². The summed E-state index contributed by atoms with van der Waals surface area (Å²) in [7, 11) is 1.90. The first-order chi connectivity index (χ1) is 11.3. The van der Waals surface area contributed by atoms with E-state index in [0.29, 0.717) is 6.54 Å². The van der Waals surface area contributed by atoms with Crippen LogP contribution >= 0.6 is 0 Å². The van der Waals surface area contributed by atoms with Gasteiger partial charge in [0.15, 0.2) is 5.82 Å². The highest BCUT2D eigenvalue weighted by Crippen LogP contribution is 2.26. The van der Waals surface area contributed by atoms with Crippen molar-refractivity contribution >= 4 is 22.5 Å². The second-order valence-electron chi connectivity index (χ2n) is 5.18. The summed E-state index contributed by atoms with van der Waals surface area (Å²) in [5.74, 6) is 0.747. The van der Waals surface area contributed by atoms with Crippen molar-refractivity contribution < 1.29 is 0 Å². The summed E-state index contributed by atoms with van der Waals surface area (Å²) in [6, 6.07) is 10.1. The Balaban J connectivity index is 2.02. The molecular weight excluding hydrogens is 288 g/mol. The van der Waals surface area contributed by atoms with E-state index in [2.05, 4.69) is 20.6 Å². The van der Waals surface area contributed by atoms with Crippen LogP contribution in [0.25, 0.3) is 22.3 Å². The van der Waals surface area contributed by atoms with E-state index < -0.39 is 0 Å². The molecule has 0 aliphatic carbocycles. The molecular formula is C17H20N6. The highest BCUT2D eigenvalue weighted by molar-refractivity contribution is 5.88. The number of nitrogens with zero attached hydrogens (tertiary/aromatic N) is 3. The van der Waals surface area contributed by atoms with Gasteiger partial charge in [0.1, 0.15) is 5.52 Å². The standard InChI is InChI=1S/C17H20N6/c1-19-13-5-3-12(4-6-13)14-11-15-16(21-10-9-20-15)17(23-14)22-8-2-7-18/h3-6,9-11,19H,2,7-8,18H2,1H3,(H,22,23). The third-order valence-corrected chi connectivity index (χ3v) is 3.60. The smallest absolute Gasteiger partial charge is 0.154 e. The van der Waals surface area contributed by atoms with Gasteiger partial charge in [-0.05, 0) is 31.2 Å². The van der Waals surface area contributed by atoms with Crippen LogP contribution in [0.2, 0.25) is 0 Å². The zero-order valence-electron chi connectivity index (χ0n) is 13.1. The van der Waals surface area contributed by atoms with Gasteiger partial charge in [0.2, 0.25) is 0 Å².